The van der Waals surface area contributed by atoms with E-state index >= 15 is 0 Å². The SMILES string of the molecule is COCC(C)OCC(O)CSc1nc(C)co1. The van der Waals surface area contributed by atoms with Crippen LogP contribution >= 0.6 is 11.8 Å². The second-order valence-corrected chi connectivity index (χ2v) is 4.79. The molecule has 98 valence electrons. The maximum absolute atomic E-state index is 9.68. The lowest BCUT2D eigenvalue weighted by molar-refractivity contribution is -0.0257. The number of hydrogen-bond acceptors (Lipinski definition) is 6. The van der Waals surface area contributed by atoms with Crippen molar-refractivity contribution in [2.45, 2.75) is 31.3 Å². The van der Waals surface area contributed by atoms with Crippen molar-refractivity contribution in [1.29, 1.82) is 0 Å². The lowest BCUT2D eigenvalue weighted by atomic mass is 10.4. The molecule has 1 rings (SSSR count). The highest BCUT2D eigenvalue weighted by Crippen LogP contribution is 2.17. The first-order valence-electron chi connectivity index (χ1n) is 5.45. The summed E-state index contributed by atoms with van der Waals surface area (Å²) in [6, 6.07) is 0. The van der Waals surface area contributed by atoms with Crippen LogP contribution in [-0.2, 0) is 9.47 Å². The molecule has 2 unspecified atom stereocenters. The normalized spacial score (nSPS) is 14.8. The molecule has 1 aromatic heterocycles. The molecule has 1 N–H and O–H groups in total. The lowest BCUT2D eigenvalue weighted by Gasteiger charge is -2.14. The van der Waals surface area contributed by atoms with E-state index in [-0.39, 0.29) is 12.7 Å². The van der Waals surface area contributed by atoms with Gasteiger partial charge >= 0.3 is 0 Å². The van der Waals surface area contributed by atoms with Gasteiger partial charge in [-0.05, 0) is 13.8 Å². The van der Waals surface area contributed by atoms with E-state index in [4.69, 9.17) is 13.9 Å². The number of aliphatic hydroxyl groups excluding tert-OH is 1. The molecule has 0 aliphatic rings. The van der Waals surface area contributed by atoms with E-state index in [0.717, 1.165) is 5.69 Å². The van der Waals surface area contributed by atoms with Crippen LogP contribution in [0.1, 0.15) is 12.6 Å². The molecule has 1 heterocycles. The quantitative estimate of drug-likeness (QED) is 0.715. The molecule has 6 heteroatoms. The molecular formula is C11H19NO4S. The topological polar surface area (TPSA) is 64.7 Å². The Kier molecular flexibility index (Phi) is 6.57. The van der Waals surface area contributed by atoms with Gasteiger partial charge in [0, 0.05) is 12.9 Å². The first-order valence-corrected chi connectivity index (χ1v) is 6.44. The van der Waals surface area contributed by atoms with Crippen molar-refractivity contribution >= 4 is 11.8 Å². The fourth-order valence-corrected chi connectivity index (χ4v) is 1.93. The fourth-order valence-electron chi connectivity index (χ4n) is 1.17. The molecule has 17 heavy (non-hydrogen) atoms. The monoisotopic (exact) mass is 261 g/mol. The highest BCUT2D eigenvalue weighted by Gasteiger charge is 2.10. The highest BCUT2D eigenvalue weighted by atomic mass is 32.2. The minimum absolute atomic E-state index is 0.0105. The van der Waals surface area contributed by atoms with Gasteiger partial charge in [0.25, 0.3) is 5.22 Å². The van der Waals surface area contributed by atoms with Gasteiger partial charge in [-0.1, -0.05) is 11.8 Å². The van der Waals surface area contributed by atoms with Crippen LogP contribution in [0.15, 0.2) is 15.9 Å². The number of ether oxygens (including phenoxy) is 2. The molecule has 0 saturated carbocycles. The molecule has 0 spiro atoms. The summed E-state index contributed by atoms with van der Waals surface area (Å²) in [7, 11) is 1.62. The van der Waals surface area contributed by atoms with E-state index < -0.39 is 6.10 Å². The Hall–Kier alpha value is -0.560. The third-order valence-electron chi connectivity index (χ3n) is 1.97. The van der Waals surface area contributed by atoms with Crippen molar-refractivity contribution in [3.8, 4) is 0 Å². The molecule has 2 atom stereocenters. The Balaban J connectivity index is 2.14. The maximum atomic E-state index is 9.68. The van der Waals surface area contributed by atoms with Gasteiger partial charge in [-0.15, -0.1) is 0 Å². The number of nitrogens with zero attached hydrogens (tertiary/aromatic N) is 1. The van der Waals surface area contributed by atoms with Crippen LogP contribution in [0, 0.1) is 6.92 Å². The Bertz CT molecular complexity index is 318. The number of thioether (sulfide) groups is 1. The summed E-state index contributed by atoms with van der Waals surface area (Å²) in [4.78, 5) is 4.13. The van der Waals surface area contributed by atoms with Gasteiger partial charge in [-0.25, -0.2) is 4.98 Å². The Morgan fingerprint density at radius 2 is 2.29 bits per heavy atom. The van der Waals surface area contributed by atoms with Crippen LogP contribution in [0.4, 0.5) is 0 Å². The Morgan fingerprint density at radius 1 is 1.53 bits per heavy atom. The van der Waals surface area contributed by atoms with Gasteiger partial charge in [0.1, 0.15) is 6.26 Å². The van der Waals surface area contributed by atoms with Crippen LogP contribution in [0.2, 0.25) is 0 Å². The molecule has 0 saturated heterocycles. The van der Waals surface area contributed by atoms with Gasteiger partial charge in [0.2, 0.25) is 0 Å². The second-order valence-electron chi connectivity index (χ2n) is 3.82. The zero-order chi connectivity index (χ0) is 12.7. The molecule has 5 nitrogen and oxygen atoms in total. The molecule has 0 radical (unpaired) electrons. The summed E-state index contributed by atoms with van der Waals surface area (Å²) in [5, 5.41) is 10.3. The number of aryl methyl sites for hydroxylation is 1. The lowest BCUT2D eigenvalue weighted by Crippen LogP contribution is -2.24. The average molecular weight is 261 g/mol. The molecule has 0 aromatic carbocycles. The third kappa shape index (κ3) is 6.07. The van der Waals surface area contributed by atoms with Crippen molar-refractivity contribution in [3.05, 3.63) is 12.0 Å². The maximum Gasteiger partial charge on any atom is 0.255 e. The first kappa shape index (κ1) is 14.5. The average Bonchev–Trinajstić information content (AvgIpc) is 2.70. The predicted molar refractivity (Wildman–Crippen MR) is 65.3 cm³/mol. The summed E-state index contributed by atoms with van der Waals surface area (Å²) in [6.07, 6.45) is 1.04. The standard InChI is InChI=1S/C11H19NO4S/c1-8-4-16-11(12-8)17-7-10(13)6-15-9(2)5-14-3/h4,9-10,13H,5-7H2,1-3H3. The van der Waals surface area contributed by atoms with E-state index in [1.165, 1.54) is 11.8 Å². The van der Waals surface area contributed by atoms with Crippen LogP contribution in [0.3, 0.4) is 0 Å². The summed E-state index contributed by atoms with van der Waals surface area (Å²) in [5.74, 6) is 0.500. The molecule has 0 amide bonds. The zero-order valence-electron chi connectivity index (χ0n) is 10.4. The summed E-state index contributed by atoms with van der Waals surface area (Å²) in [6.45, 7) is 4.58. The number of aromatic nitrogens is 1. The minimum atomic E-state index is -0.536. The van der Waals surface area contributed by atoms with Crippen LogP contribution < -0.4 is 0 Å². The summed E-state index contributed by atoms with van der Waals surface area (Å²) >= 11 is 1.38. The molecule has 0 aliphatic carbocycles. The van der Waals surface area contributed by atoms with Crippen LogP contribution in [0.25, 0.3) is 0 Å². The minimum Gasteiger partial charge on any atom is -0.440 e. The van der Waals surface area contributed by atoms with E-state index in [0.29, 0.717) is 17.6 Å². The summed E-state index contributed by atoms with van der Waals surface area (Å²) in [5.41, 5.74) is 0.840. The predicted octanol–water partition coefficient (Wildman–Crippen LogP) is 1.49. The van der Waals surface area contributed by atoms with Gasteiger partial charge in [-0.2, -0.15) is 0 Å². The fraction of sp³-hybridized carbons (Fsp3) is 0.727. The third-order valence-corrected chi connectivity index (χ3v) is 2.96. The number of hydrogen-bond donors (Lipinski definition) is 1. The van der Waals surface area contributed by atoms with Gasteiger partial charge in [0.15, 0.2) is 0 Å². The number of aliphatic hydroxyl groups is 1. The van der Waals surface area contributed by atoms with E-state index in [9.17, 15) is 5.11 Å². The Labute approximate surface area is 106 Å². The summed E-state index contributed by atoms with van der Waals surface area (Å²) < 4.78 is 15.5. The van der Waals surface area contributed by atoms with Crippen molar-refractivity contribution in [2.75, 3.05) is 26.1 Å². The van der Waals surface area contributed by atoms with Gasteiger partial charge in [0.05, 0.1) is 31.1 Å². The van der Waals surface area contributed by atoms with E-state index in [1.54, 1.807) is 13.4 Å². The smallest absolute Gasteiger partial charge is 0.255 e. The van der Waals surface area contributed by atoms with Gasteiger partial charge in [-0.3, -0.25) is 0 Å². The molecule has 0 aliphatic heterocycles. The first-order chi connectivity index (χ1) is 8.11. The zero-order valence-corrected chi connectivity index (χ0v) is 11.2. The van der Waals surface area contributed by atoms with Crippen molar-refractivity contribution in [3.63, 3.8) is 0 Å². The molecule has 1 aromatic rings. The number of rotatable bonds is 8. The largest absolute Gasteiger partial charge is 0.440 e. The van der Waals surface area contributed by atoms with Crippen molar-refractivity contribution < 1.29 is 19.0 Å². The van der Waals surface area contributed by atoms with Crippen molar-refractivity contribution in [2.24, 2.45) is 0 Å². The number of oxazole rings is 1. The van der Waals surface area contributed by atoms with Gasteiger partial charge < -0.3 is 19.0 Å². The van der Waals surface area contributed by atoms with E-state index in [1.807, 2.05) is 13.8 Å². The van der Waals surface area contributed by atoms with E-state index in [2.05, 4.69) is 4.98 Å². The molecule has 0 bridgehead atoms. The van der Waals surface area contributed by atoms with Crippen molar-refractivity contribution in [1.82, 2.24) is 4.98 Å². The van der Waals surface area contributed by atoms with Crippen LogP contribution in [0.5, 0.6) is 0 Å². The van der Waals surface area contributed by atoms with Crippen LogP contribution in [-0.4, -0.2) is 48.4 Å². The number of methoxy groups -OCH3 is 1. The second kappa shape index (κ2) is 7.71. The highest BCUT2D eigenvalue weighted by molar-refractivity contribution is 7.99. The molecule has 0 fully saturated rings. The Morgan fingerprint density at radius 3 is 2.88 bits per heavy atom. The molecular weight excluding hydrogens is 242 g/mol.